The highest BCUT2D eigenvalue weighted by atomic mass is 33.1. The number of nitrogens with two attached hydrogens (primary N) is 4. The molecule has 0 atom stereocenters. The molecule has 8 nitrogen and oxygen atoms in total. The molecule has 1 aliphatic rings. The molecule has 0 saturated carbocycles. The Morgan fingerprint density at radius 1 is 0.667 bits per heavy atom. The van der Waals surface area contributed by atoms with Crippen LogP contribution in [-0.4, -0.2) is 35.5 Å². The van der Waals surface area contributed by atoms with Crippen LogP contribution in [0.1, 0.15) is 0 Å². The van der Waals surface area contributed by atoms with E-state index in [1.165, 1.54) is 0 Å². The van der Waals surface area contributed by atoms with Gasteiger partial charge in [-0.05, 0) is 0 Å². The molecule has 0 aliphatic carbocycles. The van der Waals surface area contributed by atoms with E-state index in [-0.39, 0.29) is 0 Å². The van der Waals surface area contributed by atoms with Gasteiger partial charge >= 0.3 is 0 Å². The average Bonchev–Trinajstić information content (AvgIpc) is 2.45. The van der Waals surface area contributed by atoms with Crippen LogP contribution in [0, 0.1) is 0 Å². The van der Waals surface area contributed by atoms with Crippen LogP contribution in [0.5, 0.6) is 0 Å². The van der Waals surface area contributed by atoms with E-state index in [4.69, 9.17) is 20.6 Å². The Morgan fingerprint density at radius 3 is 1.06 bits per heavy atom. The molecule has 1 fully saturated rings. The lowest BCUT2D eigenvalue weighted by atomic mass is 10.4. The van der Waals surface area contributed by atoms with Crippen molar-refractivity contribution in [2.45, 2.75) is 0 Å². The van der Waals surface area contributed by atoms with Gasteiger partial charge in [0.25, 0.3) is 11.4 Å². The summed E-state index contributed by atoms with van der Waals surface area (Å²) < 4.78 is 28.0. The second-order valence-electron chi connectivity index (χ2n) is 3.27. The Morgan fingerprint density at radius 2 is 0.889 bits per heavy atom. The molecule has 0 amide bonds. The van der Waals surface area contributed by atoms with Gasteiger partial charge in [-0.1, -0.05) is 0 Å². The Labute approximate surface area is 122 Å². The zero-order valence-electron chi connectivity index (χ0n) is 9.38. The number of rotatable bonds is 6. The van der Waals surface area contributed by atoms with E-state index >= 15 is 0 Å². The van der Waals surface area contributed by atoms with Crippen LogP contribution in [-0.2, 0) is 9.13 Å². The van der Waals surface area contributed by atoms with E-state index in [0.717, 1.165) is 46.3 Å². The van der Waals surface area contributed by atoms with Gasteiger partial charge in [0, 0.05) is 72.5 Å². The molecule has 1 rings (SSSR count). The summed E-state index contributed by atoms with van der Waals surface area (Å²) in [5, 5.41) is 21.7. The van der Waals surface area contributed by atoms with Crippen molar-refractivity contribution in [1.29, 1.82) is 0 Å². The van der Waals surface area contributed by atoms with Gasteiger partial charge in [0.1, 0.15) is 0 Å². The van der Waals surface area contributed by atoms with Gasteiger partial charge in [-0.3, -0.25) is 29.7 Å². The molecule has 1 heterocycles. The lowest BCUT2D eigenvalue weighted by Crippen LogP contribution is -2.42. The van der Waals surface area contributed by atoms with Crippen molar-refractivity contribution in [3.8, 4) is 0 Å². The van der Waals surface area contributed by atoms with Crippen molar-refractivity contribution in [1.82, 2.24) is 9.34 Å². The Bertz CT molecular complexity index is 315. The SMILES string of the molecule is NSP(=O)(SN)N1CCN(P(=O)(SN)SN)CC1. The number of hydrogen-bond acceptors (Lipinski definition) is 10. The summed E-state index contributed by atoms with van der Waals surface area (Å²) in [6, 6.07) is 0. The fourth-order valence-electron chi connectivity index (χ4n) is 1.49. The summed E-state index contributed by atoms with van der Waals surface area (Å²) in [7, 11) is 0. The normalized spacial score (nSPS) is 20.2. The summed E-state index contributed by atoms with van der Waals surface area (Å²) in [5.74, 6) is 0. The van der Waals surface area contributed by atoms with Crippen LogP contribution >= 0.6 is 57.7 Å². The highest BCUT2D eigenvalue weighted by Gasteiger charge is 2.38. The summed E-state index contributed by atoms with van der Waals surface area (Å²) in [4.78, 5) is 0. The maximum absolute atomic E-state index is 12.3. The molecule has 0 aromatic heterocycles. The number of hydrogen-bond donors (Lipinski definition) is 4. The third-order valence-corrected chi connectivity index (χ3v) is 14.8. The van der Waals surface area contributed by atoms with E-state index in [1.54, 1.807) is 9.34 Å². The molecule has 0 spiro atoms. The van der Waals surface area contributed by atoms with Crippen molar-refractivity contribution >= 4 is 57.7 Å². The minimum absolute atomic E-state index is 0.469. The van der Waals surface area contributed by atoms with Gasteiger partial charge < -0.3 is 0 Å². The summed E-state index contributed by atoms with van der Waals surface area (Å²) in [6.45, 7) is 1.88. The van der Waals surface area contributed by atoms with Crippen molar-refractivity contribution in [2.75, 3.05) is 26.2 Å². The van der Waals surface area contributed by atoms with Gasteiger partial charge in [0.05, 0.1) is 0 Å². The number of nitrogens with zero attached hydrogens (tertiary/aromatic N) is 2. The van der Waals surface area contributed by atoms with Crippen molar-refractivity contribution < 1.29 is 9.13 Å². The first kappa shape index (κ1) is 17.7. The van der Waals surface area contributed by atoms with Crippen LogP contribution in [0.3, 0.4) is 0 Å². The Kier molecular flexibility index (Phi) is 7.44. The first-order valence-corrected chi connectivity index (χ1v) is 14.0. The van der Waals surface area contributed by atoms with Gasteiger partial charge in [-0.25, -0.2) is 9.34 Å². The van der Waals surface area contributed by atoms with E-state index in [9.17, 15) is 9.13 Å². The third kappa shape index (κ3) is 3.84. The smallest absolute Gasteiger partial charge is 0.280 e. The molecule has 14 heteroatoms. The first-order valence-electron chi connectivity index (χ1n) is 4.70. The molecule has 0 radical (unpaired) electrons. The molecule has 18 heavy (non-hydrogen) atoms. The monoisotopic (exact) mass is 370 g/mol. The van der Waals surface area contributed by atoms with Crippen LogP contribution < -0.4 is 20.6 Å². The molecule has 1 saturated heterocycles. The highest BCUT2D eigenvalue weighted by molar-refractivity contribution is 8.89. The quantitative estimate of drug-likeness (QED) is 0.394. The van der Waals surface area contributed by atoms with Crippen molar-refractivity contribution in [3.05, 3.63) is 0 Å². The van der Waals surface area contributed by atoms with Gasteiger partial charge in [0.15, 0.2) is 0 Å². The summed E-state index contributed by atoms with van der Waals surface area (Å²) in [5.41, 5.74) is -5.65. The predicted molar refractivity (Wildman–Crippen MR) is 85.5 cm³/mol. The predicted octanol–water partition coefficient (Wildman–Crippen LogP) is 1.25. The van der Waals surface area contributed by atoms with E-state index < -0.39 is 11.4 Å². The Hall–Kier alpha value is 1.62. The fourth-order valence-corrected chi connectivity index (χ4v) is 8.21. The molecule has 0 bridgehead atoms. The van der Waals surface area contributed by atoms with Gasteiger partial charge in [0.2, 0.25) is 0 Å². The summed E-state index contributed by atoms with van der Waals surface area (Å²) >= 11 is 3.08. The first-order chi connectivity index (χ1) is 8.45. The van der Waals surface area contributed by atoms with Crippen LogP contribution in [0.15, 0.2) is 0 Å². The topological polar surface area (TPSA) is 145 Å². The minimum Gasteiger partial charge on any atom is -0.280 e. The lowest BCUT2D eigenvalue weighted by molar-refractivity contribution is 0.284. The van der Waals surface area contributed by atoms with Crippen molar-refractivity contribution in [3.63, 3.8) is 0 Å². The average molecular weight is 370 g/mol. The standard InChI is InChI=1S/C4H16N6O2P2S4/c5-15-13(11,16-6)9-1-2-10(4-3-9)14(12,17-7)18-8/h1-8H2. The van der Waals surface area contributed by atoms with Gasteiger partial charge in [-0.2, -0.15) is 0 Å². The molecule has 0 unspecified atom stereocenters. The maximum atomic E-state index is 12.3. The molecule has 0 aromatic carbocycles. The molecular weight excluding hydrogens is 354 g/mol. The zero-order chi connectivity index (χ0) is 13.8. The zero-order valence-corrected chi connectivity index (χ0v) is 14.4. The second-order valence-corrected chi connectivity index (χ2v) is 17.0. The molecule has 8 N–H and O–H groups in total. The summed E-state index contributed by atoms with van der Waals surface area (Å²) in [6.07, 6.45) is 0. The lowest BCUT2D eigenvalue weighted by Gasteiger charge is -2.38. The Balaban J connectivity index is 2.67. The van der Waals surface area contributed by atoms with Crippen LogP contribution in [0.4, 0.5) is 0 Å². The molecule has 1 aliphatic heterocycles. The maximum Gasteiger partial charge on any atom is 0.285 e. The molecular formula is C4H16N6O2P2S4. The third-order valence-electron chi connectivity index (χ3n) is 2.46. The molecule has 108 valence electrons. The van der Waals surface area contributed by atoms with Crippen LogP contribution in [0.2, 0.25) is 0 Å². The van der Waals surface area contributed by atoms with E-state index in [1.807, 2.05) is 0 Å². The van der Waals surface area contributed by atoms with E-state index in [2.05, 4.69) is 0 Å². The minimum atomic E-state index is -2.82. The fraction of sp³-hybridized carbons (Fsp3) is 1.00. The highest BCUT2D eigenvalue weighted by Crippen LogP contribution is 2.70. The van der Waals surface area contributed by atoms with E-state index in [0.29, 0.717) is 26.2 Å². The van der Waals surface area contributed by atoms with Gasteiger partial charge in [-0.15, -0.1) is 0 Å². The van der Waals surface area contributed by atoms with Crippen LogP contribution in [0.25, 0.3) is 0 Å². The van der Waals surface area contributed by atoms with Crippen molar-refractivity contribution in [2.24, 2.45) is 20.6 Å². The molecule has 0 aromatic rings. The second kappa shape index (κ2) is 7.58. The largest absolute Gasteiger partial charge is 0.285 e. The number of piperazine rings is 1.